The number of thiazole rings is 1. The minimum absolute atomic E-state index is 0.470. The maximum Gasteiger partial charge on any atom is 0.191 e. The minimum atomic E-state index is 0.470. The van der Waals surface area contributed by atoms with E-state index in [1.165, 1.54) is 11.3 Å². The number of rotatable bonds is 5. The Labute approximate surface area is 123 Å². The lowest BCUT2D eigenvalue weighted by molar-refractivity contribution is 0.181. The number of aromatic nitrogens is 3. The van der Waals surface area contributed by atoms with Crippen molar-refractivity contribution in [1.29, 1.82) is 0 Å². The van der Waals surface area contributed by atoms with E-state index in [9.17, 15) is 0 Å². The van der Waals surface area contributed by atoms with E-state index in [2.05, 4.69) is 42.9 Å². The summed E-state index contributed by atoms with van der Waals surface area (Å²) in [6.45, 7) is 3.32. The number of ether oxygens (including phenoxy) is 1. The van der Waals surface area contributed by atoms with Crippen LogP contribution in [0.4, 0.5) is 5.82 Å². The predicted molar refractivity (Wildman–Crippen MR) is 80.7 cm³/mol. The zero-order chi connectivity index (χ0) is 13.0. The first-order valence-corrected chi connectivity index (χ1v) is 7.41. The molecule has 0 aliphatic heterocycles. The third-order valence-corrected chi connectivity index (χ3v) is 4.07. The highest BCUT2D eigenvalue weighted by Gasteiger charge is 2.14. The molecule has 2 heterocycles. The van der Waals surface area contributed by atoms with E-state index >= 15 is 0 Å². The first kappa shape index (κ1) is 13.6. The fourth-order valence-electron chi connectivity index (χ4n) is 1.44. The molecule has 5 nitrogen and oxygen atoms in total. The number of anilines is 1. The summed E-state index contributed by atoms with van der Waals surface area (Å²) in [5.74, 6) is 1.48. The molecule has 18 heavy (non-hydrogen) atoms. The van der Waals surface area contributed by atoms with Crippen LogP contribution in [-0.2, 0) is 11.3 Å². The number of hydrogen-bond donors (Lipinski definition) is 1. The zero-order valence-corrected chi connectivity index (χ0v) is 13.1. The van der Waals surface area contributed by atoms with E-state index in [0.717, 1.165) is 26.6 Å². The molecule has 0 spiro atoms. The van der Waals surface area contributed by atoms with Gasteiger partial charge < -0.3 is 10.1 Å². The lowest BCUT2D eigenvalue weighted by Gasteiger charge is -2.10. The van der Waals surface area contributed by atoms with Gasteiger partial charge in [-0.15, -0.1) is 11.3 Å². The zero-order valence-electron chi connectivity index (χ0n) is 10.1. The van der Waals surface area contributed by atoms with Crippen molar-refractivity contribution >= 4 is 39.7 Å². The highest BCUT2D eigenvalue weighted by Crippen LogP contribution is 2.25. The van der Waals surface area contributed by atoms with E-state index in [1.807, 2.05) is 12.3 Å². The molecular weight excluding hydrogens is 363 g/mol. The Balaban J connectivity index is 2.47. The highest BCUT2D eigenvalue weighted by molar-refractivity contribution is 14.1. The van der Waals surface area contributed by atoms with E-state index in [0.29, 0.717) is 12.4 Å². The number of nitrogens with zero attached hydrogens (tertiary/aromatic N) is 3. The Morgan fingerprint density at radius 3 is 2.89 bits per heavy atom. The van der Waals surface area contributed by atoms with Gasteiger partial charge in [0, 0.05) is 25.2 Å². The molecule has 2 aromatic heterocycles. The molecule has 0 aromatic carbocycles. The Morgan fingerprint density at radius 1 is 1.44 bits per heavy atom. The smallest absolute Gasteiger partial charge is 0.191 e. The quantitative estimate of drug-likeness (QED) is 0.814. The fourth-order valence-corrected chi connectivity index (χ4v) is 2.60. The van der Waals surface area contributed by atoms with Crippen LogP contribution < -0.4 is 5.32 Å². The van der Waals surface area contributed by atoms with Crippen molar-refractivity contribution < 1.29 is 4.74 Å². The third kappa shape index (κ3) is 2.96. The fraction of sp³-hybridized carbons (Fsp3) is 0.364. The second-order valence-corrected chi connectivity index (χ2v) is 5.43. The number of hydrogen-bond acceptors (Lipinski definition) is 6. The molecule has 0 saturated carbocycles. The topological polar surface area (TPSA) is 59.9 Å². The van der Waals surface area contributed by atoms with Gasteiger partial charge in [-0.05, 0) is 29.5 Å². The normalized spacial score (nSPS) is 10.6. The van der Waals surface area contributed by atoms with Gasteiger partial charge in [0.1, 0.15) is 5.82 Å². The van der Waals surface area contributed by atoms with Gasteiger partial charge in [-0.3, -0.25) is 0 Å². The van der Waals surface area contributed by atoms with Crippen molar-refractivity contribution in [2.24, 2.45) is 0 Å². The molecule has 0 saturated heterocycles. The molecule has 0 radical (unpaired) electrons. The number of halogens is 1. The van der Waals surface area contributed by atoms with Crippen LogP contribution in [0.2, 0.25) is 0 Å². The summed E-state index contributed by atoms with van der Waals surface area (Å²) in [6, 6.07) is 0. The Bertz CT molecular complexity index is 491. The summed E-state index contributed by atoms with van der Waals surface area (Å²) in [4.78, 5) is 13.3. The predicted octanol–water partition coefficient (Wildman–Crippen LogP) is 2.78. The summed E-state index contributed by atoms with van der Waals surface area (Å²) >= 11 is 3.77. The number of nitrogens with one attached hydrogen (secondary N) is 1. The summed E-state index contributed by atoms with van der Waals surface area (Å²) in [7, 11) is 1.66. The molecule has 0 aliphatic rings. The lowest BCUT2D eigenvalue weighted by atomic mass is 10.4. The van der Waals surface area contributed by atoms with Crippen LogP contribution in [0.3, 0.4) is 0 Å². The van der Waals surface area contributed by atoms with Gasteiger partial charge in [-0.2, -0.15) is 0 Å². The average Bonchev–Trinajstić information content (AvgIpc) is 2.88. The van der Waals surface area contributed by atoms with Crippen molar-refractivity contribution in [3.05, 3.63) is 20.8 Å². The van der Waals surface area contributed by atoms with Crippen LogP contribution in [0.15, 0.2) is 11.6 Å². The van der Waals surface area contributed by atoms with Gasteiger partial charge in [0.05, 0.1) is 15.9 Å². The maximum atomic E-state index is 5.17. The summed E-state index contributed by atoms with van der Waals surface area (Å²) < 4.78 is 6.17. The maximum absolute atomic E-state index is 5.17. The molecule has 0 bridgehead atoms. The van der Waals surface area contributed by atoms with Gasteiger partial charge in [-0.1, -0.05) is 0 Å². The van der Waals surface area contributed by atoms with Crippen LogP contribution in [0.1, 0.15) is 12.6 Å². The molecule has 0 fully saturated rings. The summed E-state index contributed by atoms with van der Waals surface area (Å²) in [5.41, 5.74) is 0.884. The van der Waals surface area contributed by atoms with Crippen LogP contribution >= 0.6 is 33.9 Å². The van der Waals surface area contributed by atoms with Gasteiger partial charge in [0.15, 0.2) is 10.8 Å². The van der Waals surface area contributed by atoms with Crippen molar-refractivity contribution in [2.75, 3.05) is 19.0 Å². The number of methoxy groups -OCH3 is 1. The Hall–Kier alpha value is -0.800. The monoisotopic (exact) mass is 376 g/mol. The summed E-state index contributed by atoms with van der Waals surface area (Å²) in [5, 5.41) is 5.98. The Kier molecular flexibility index (Phi) is 4.84. The molecule has 0 aliphatic carbocycles. The van der Waals surface area contributed by atoms with Crippen LogP contribution in [0.5, 0.6) is 0 Å². The van der Waals surface area contributed by atoms with Crippen molar-refractivity contribution in [3.8, 4) is 10.8 Å². The summed E-state index contributed by atoms with van der Waals surface area (Å²) in [6.07, 6.45) is 1.75. The molecular formula is C11H13IN4OS. The Morgan fingerprint density at radius 2 is 2.28 bits per heavy atom. The van der Waals surface area contributed by atoms with Gasteiger partial charge in [0.25, 0.3) is 0 Å². The first-order chi connectivity index (χ1) is 8.76. The molecule has 0 atom stereocenters. The third-order valence-electron chi connectivity index (χ3n) is 2.17. The lowest BCUT2D eigenvalue weighted by Crippen LogP contribution is -2.08. The van der Waals surface area contributed by atoms with E-state index < -0.39 is 0 Å². The molecule has 0 amide bonds. The van der Waals surface area contributed by atoms with Gasteiger partial charge in [-0.25, -0.2) is 15.0 Å². The van der Waals surface area contributed by atoms with Crippen molar-refractivity contribution in [2.45, 2.75) is 13.5 Å². The molecule has 1 N–H and O–H groups in total. The second kappa shape index (κ2) is 6.39. The minimum Gasteiger partial charge on any atom is -0.378 e. The van der Waals surface area contributed by atoms with E-state index in [4.69, 9.17) is 4.74 Å². The highest BCUT2D eigenvalue weighted by atomic mass is 127. The standard InChI is InChI=1S/C11H13IN4OS/c1-3-13-9-8(12)7(6-17-2)15-10(16-9)11-14-4-5-18-11/h4-5H,3,6H2,1-2H3,(H,13,15,16). The average molecular weight is 376 g/mol. The molecule has 0 unspecified atom stereocenters. The van der Waals surface area contributed by atoms with E-state index in [1.54, 1.807) is 13.3 Å². The van der Waals surface area contributed by atoms with Crippen LogP contribution in [0.25, 0.3) is 10.8 Å². The molecule has 2 rings (SSSR count). The molecule has 2 aromatic rings. The van der Waals surface area contributed by atoms with Crippen molar-refractivity contribution in [3.63, 3.8) is 0 Å². The van der Waals surface area contributed by atoms with E-state index in [-0.39, 0.29) is 0 Å². The van der Waals surface area contributed by atoms with Crippen LogP contribution in [-0.4, -0.2) is 28.6 Å². The van der Waals surface area contributed by atoms with Gasteiger partial charge in [0.2, 0.25) is 0 Å². The van der Waals surface area contributed by atoms with Gasteiger partial charge >= 0.3 is 0 Å². The largest absolute Gasteiger partial charge is 0.378 e. The first-order valence-electron chi connectivity index (χ1n) is 5.45. The SMILES string of the molecule is CCNc1nc(-c2nccs2)nc(COC)c1I. The van der Waals surface area contributed by atoms with Crippen LogP contribution in [0, 0.1) is 3.57 Å². The molecule has 7 heteroatoms. The second-order valence-electron chi connectivity index (χ2n) is 3.46. The van der Waals surface area contributed by atoms with Crippen molar-refractivity contribution in [1.82, 2.24) is 15.0 Å². The molecule has 96 valence electrons.